The lowest BCUT2D eigenvalue weighted by atomic mass is 10.0. The number of hydrogen-bond donors (Lipinski definition) is 2. The minimum absolute atomic E-state index is 0.124. The summed E-state index contributed by atoms with van der Waals surface area (Å²) in [4.78, 5) is 40.5. The van der Waals surface area contributed by atoms with Crippen molar-refractivity contribution in [3.05, 3.63) is 69.8 Å². The first-order chi connectivity index (χ1) is 15.0. The normalized spacial score (nSPS) is 20.3. The summed E-state index contributed by atoms with van der Waals surface area (Å²) in [5, 5.41) is 5.76. The highest BCUT2D eigenvalue weighted by molar-refractivity contribution is 6.05. The van der Waals surface area contributed by atoms with Crippen molar-refractivity contribution in [1.29, 1.82) is 0 Å². The van der Waals surface area contributed by atoms with E-state index < -0.39 is 6.04 Å². The molecule has 1 unspecified atom stereocenters. The summed E-state index contributed by atoms with van der Waals surface area (Å²) in [6, 6.07) is 11.9. The van der Waals surface area contributed by atoms with Crippen molar-refractivity contribution >= 4 is 17.7 Å². The maximum absolute atomic E-state index is 13.0. The zero-order valence-corrected chi connectivity index (χ0v) is 17.6. The third-order valence-electron chi connectivity index (χ3n) is 6.47. The number of amides is 3. The summed E-state index contributed by atoms with van der Waals surface area (Å²) in [6.07, 6.45) is 0.654. The molecular formula is C24H26N4O3. The van der Waals surface area contributed by atoms with Crippen molar-refractivity contribution in [3.8, 4) is 0 Å². The fourth-order valence-electron chi connectivity index (χ4n) is 4.91. The lowest BCUT2D eigenvalue weighted by Crippen LogP contribution is -2.52. The van der Waals surface area contributed by atoms with E-state index in [4.69, 9.17) is 0 Å². The number of piperidine rings is 1. The smallest absolute Gasteiger partial charge is 0.255 e. The van der Waals surface area contributed by atoms with Gasteiger partial charge in [0.25, 0.3) is 5.91 Å². The maximum Gasteiger partial charge on any atom is 0.255 e. The van der Waals surface area contributed by atoms with E-state index in [-0.39, 0.29) is 24.1 Å². The predicted octanol–water partition coefficient (Wildman–Crippen LogP) is 1.68. The van der Waals surface area contributed by atoms with Gasteiger partial charge in [0.1, 0.15) is 6.04 Å². The van der Waals surface area contributed by atoms with Crippen LogP contribution in [0.1, 0.15) is 51.0 Å². The molecule has 0 spiro atoms. The molecule has 2 aromatic rings. The standard InChI is InChI=1S/C24H26N4O3/c1-27(13-17-4-2-3-16-10-25-11-20(16)17)12-15-5-6-18-14-28(24(31)19(18)9-15)21-7-8-22(29)26-23(21)30/h2-6,9,21,25H,7-8,10-14H2,1H3,(H,26,29,30). The van der Waals surface area contributed by atoms with Gasteiger partial charge in [-0.25, -0.2) is 0 Å². The van der Waals surface area contributed by atoms with Gasteiger partial charge in [-0.2, -0.15) is 0 Å². The van der Waals surface area contributed by atoms with Crippen LogP contribution in [0.2, 0.25) is 0 Å². The van der Waals surface area contributed by atoms with Gasteiger partial charge in [-0.15, -0.1) is 0 Å². The molecule has 3 aliphatic heterocycles. The van der Waals surface area contributed by atoms with Gasteiger partial charge in [0, 0.05) is 44.7 Å². The Morgan fingerprint density at radius 2 is 1.94 bits per heavy atom. The lowest BCUT2D eigenvalue weighted by Gasteiger charge is -2.29. The minimum atomic E-state index is -0.572. The Morgan fingerprint density at radius 1 is 1.06 bits per heavy atom. The molecule has 160 valence electrons. The number of benzene rings is 2. The first-order valence-electron chi connectivity index (χ1n) is 10.7. The van der Waals surface area contributed by atoms with Gasteiger partial charge in [0.2, 0.25) is 11.8 Å². The number of fused-ring (bicyclic) bond motifs is 2. The number of carbonyl (C=O) groups is 3. The molecule has 7 heteroatoms. The molecule has 0 saturated carbocycles. The largest absolute Gasteiger partial charge is 0.322 e. The topological polar surface area (TPSA) is 81.8 Å². The summed E-state index contributed by atoms with van der Waals surface area (Å²) in [7, 11) is 2.09. The van der Waals surface area contributed by atoms with Crippen molar-refractivity contribution in [3.63, 3.8) is 0 Å². The molecular weight excluding hydrogens is 392 g/mol. The van der Waals surface area contributed by atoms with Crippen LogP contribution in [-0.4, -0.2) is 40.6 Å². The Morgan fingerprint density at radius 3 is 2.77 bits per heavy atom. The Balaban J connectivity index is 1.28. The summed E-state index contributed by atoms with van der Waals surface area (Å²) in [5.74, 6) is -0.765. The SMILES string of the molecule is CN(Cc1ccc2c(c1)C(=O)N(C1CCC(=O)NC1=O)C2)Cc1cccc2c1CNC2. The van der Waals surface area contributed by atoms with Crippen LogP contribution in [0.25, 0.3) is 0 Å². The van der Waals surface area contributed by atoms with Gasteiger partial charge >= 0.3 is 0 Å². The molecule has 3 amide bonds. The molecule has 2 aromatic carbocycles. The molecule has 7 nitrogen and oxygen atoms in total. The molecule has 5 rings (SSSR count). The predicted molar refractivity (Wildman–Crippen MR) is 115 cm³/mol. The van der Waals surface area contributed by atoms with Crippen molar-refractivity contribution in [2.75, 3.05) is 7.05 Å². The zero-order chi connectivity index (χ0) is 21.5. The first kappa shape index (κ1) is 19.9. The van der Waals surface area contributed by atoms with Gasteiger partial charge < -0.3 is 10.2 Å². The van der Waals surface area contributed by atoms with Gasteiger partial charge in [0.15, 0.2) is 0 Å². The molecule has 1 atom stereocenters. The van der Waals surface area contributed by atoms with Gasteiger partial charge in [-0.05, 0) is 47.4 Å². The molecule has 0 bridgehead atoms. The van der Waals surface area contributed by atoms with Crippen LogP contribution in [0.5, 0.6) is 0 Å². The van der Waals surface area contributed by atoms with Crippen LogP contribution >= 0.6 is 0 Å². The number of nitrogens with one attached hydrogen (secondary N) is 2. The second-order valence-electron chi connectivity index (χ2n) is 8.72. The third kappa shape index (κ3) is 3.75. The highest BCUT2D eigenvalue weighted by Gasteiger charge is 2.39. The second-order valence-corrected chi connectivity index (χ2v) is 8.72. The number of hydrogen-bond acceptors (Lipinski definition) is 5. The molecule has 3 heterocycles. The van der Waals surface area contributed by atoms with Crippen LogP contribution in [0, 0.1) is 0 Å². The highest BCUT2D eigenvalue weighted by Crippen LogP contribution is 2.29. The molecule has 1 saturated heterocycles. The van der Waals surface area contributed by atoms with E-state index in [0.29, 0.717) is 18.5 Å². The fourth-order valence-corrected chi connectivity index (χ4v) is 4.91. The first-order valence-corrected chi connectivity index (χ1v) is 10.7. The molecule has 0 aromatic heterocycles. The summed E-state index contributed by atoms with van der Waals surface area (Å²) in [6.45, 7) is 3.85. The quantitative estimate of drug-likeness (QED) is 0.722. The fraction of sp³-hybridized carbons (Fsp3) is 0.375. The van der Waals surface area contributed by atoms with Crippen LogP contribution in [0.3, 0.4) is 0 Å². The van der Waals surface area contributed by atoms with Gasteiger partial charge in [0.05, 0.1) is 0 Å². The Kier molecular flexibility index (Phi) is 5.08. The Hall–Kier alpha value is -3.03. The molecule has 3 aliphatic rings. The minimum Gasteiger partial charge on any atom is -0.322 e. The molecule has 0 aliphatic carbocycles. The van der Waals surface area contributed by atoms with Crippen molar-refractivity contribution in [2.24, 2.45) is 0 Å². The van der Waals surface area contributed by atoms with E-state index in [9.17, 15) is 14.4 Å². The van der Waals surface area contributed by atoms with Gasteiger partial charge in [-0.3, -0.25) is 24.6 Å². The molecule has 1 fully saturated rings. The molecule has 31 heavy (non-hydrogen) atoms. The lowest BCUT2D eigenvalue weighted by molar-refractivity contribution is -0.136. The summed E-state index contributed by atoms with van der Waals surface area (Å²) in [5.41, 5.74) is 6.80. The van der Waals surface area contributed by atoms with E-state index in [1.165, 1.54) is 16.7 Å². The van der Waals surface area contributed by atoms with Crippen molar-refractivity contribution in [2.45, 2.75) is 51.6 Å². The number of imide groups is 1. The van der Waals surface area contributed by atoms with E-state index in [1.807, 2.05) is 12.1 Å². The summed E-state index contributed by atoms with van der Waals surface area (Å²) >= 11 is 0. The maximum atomic E-state index is 13.0. The molecule has 0 radical (unpaired) electrons. The number of nitrogens with zero attached hydrogens (tertiary/aromatic N) is 2. The summed E-state index contributed by atoms with van der Waals surface area (Å²) < 4.78 is 0. The monoisotopic (exact) mass is 418 g/mol. The second kappa shape index (κ2) is 7.90. The highest BCUT2D eigenvalue weighted by atomic mass is 16.2. The Labute approximate surface area is 181 Å². The van der Waals surface area contributed by atoms with E-state index >= 15 is 0 Å². The third-order valence-corrected chi connectivity index (χ3v) is 6.47. The number of carbonyl (C=O) groups excluding carboxylic acids is 3. The van der Waals surface area contributed by atoms with Crippen molar-refractivity contribution in [1.82, 2.24) is 20.4 Å². The van der Waals surface area contributed by atoms with Crippen LogP contribution in [0.15, 0.2) is 36.4 Å². The molecule has 2 N–H and O–H groups in total. The van der Waals surface area contributed by atoms with E-state index in [2.05, 4.69) is 46.8 Å². The zero-order valence-electron chi connectivity index (χ0n) is 17.6. The van der Waals surface area contributed by atoms with Crippen LogP contribution < -0.4 is 10.6 Å². The number of rotatable bonds is 5. The van der Waals surface area contributed by atoms with E-state index in [1.54, 1.807) is 4.90 Å². The average Bonchev–Trinajstić information content (AvgIpc) is 3.34. The van der Waals surface area contributed by atoms with E-state index in [0.717, 1.165) is 37.3 Å². The van der Waals surface area contributed by atoms with Crippen LogP contribution in [0.4, 0.5) is 0 Å². The van der Waals surface area contributed by atoms with Crippen molar-refractivity contribution < 1.29 is 14.4 Å². The average molecular weight is 418 g/mol. The van der Waals surface area contributed by atoms with Gasteiger partial charge in [-0.1, -0.05) is 30.3 Å². The Bertz CT molecular complexity index is 1080. The van der Waals surface area contributed by atoms with Crippen LogP contribution in [-0.2, 0) is 42.3 Å².